The quantitative estimate of drug-likeness (QED) is 0.528. The molecule has 0 bridgehead atoms. The number of fused-ring (bicyclic) bond motifs is 4. The van der Waals surface area contributed by atoms with Crippen molar-refractivity contribution in [1.82, 2.24) is 0 Å². The molecule has 0 saturated heterocycles. The normalized spacial score (nSPS) is 21.4. The standard InChI is InChI=1S/C22H16Cl2N2O2.C2H6/c1-9-3-5-13-11(7-9)21(27)15-17(23)20-16(18(24)19(15)25-13)22(28)12-8-10(2)4-6-14(12)26-20;1-2/h3-8,19-20,25-26H,1-2H3;1-2H3. The van der Waals surface area contributed by atoms with Crippen LogP contribution in [-0.2, 0) is 0 Å². The van der Waals surface area contributed by atoms with Crippen LogP contribution in [0, 0.1) is 13.8 Å². The van der Waals surface area contributed by atoms with Crippen molar-refractivity contribution in [2.45, 2.75) is 39.8 Å². The van der Waals surface area contributed by atoms with Crippen LogP contribution in [0.15, 0.2) is 57.6 Å². The fourth-order valence-electron chi connectivity index (χ4n) is 4.14. The van der Waals surface area contributed by atoms with Gasteiger partial charge in [0.2, 0.25) is 0 Å². The monoisotopic (exact) mass is 440 g/mol. The zero-order chi connectivity index (χ0) is 21.7. The van der Waals surface area contributed by atoms with Gasteiger partial charge in [0.1, 0.15) is 0 Å². The highest BCUT2D eigenvalue weighted by Crippen LogP contribution is 2.46. The fourth-order valence-corrected chi connectivity index (χ4v) is 4.85. The predicted molar refractivity (Wildman–Crippen MR) is 123 cm³/mol. The van der Waals surface area contributed by atoms with Crippen molar-refractivity contribution in [3.05, 3.63) is 79.9 Å². The molecular weight excluding hydrogens is 419 g/mol. The van der Waals surface area contributed by atoms with Gasteiger partial charge in [0, 0.05) is 33.6 Å². The molecule has 2 unspecified atom stereocenters. The SMILES string of the molecule is CC.Cc1ccc2c(c1)C(=O)C1=C(Cl)C3Nc4ccc(C)cc4C(=O)C3=C(Cl)C1N2. The molecule has 2 heterocycles. The van der Waals surface area contributed by atoms with Gasteiger partial charge < -0.3 is 10.6 Å². The summed E-state index contributed by atoms with van der Waals surface area (Å²) in [5.74, 6) is -0.317. The molecule has 6 heteroatoms. The number of Topliss-reactive ketones (excluding diaryl/α,β-unsaturated/α-hetero) is 2. The topological polar surface area (TPSA) is 58.2 Å². The van der Waals surface area contributed by atoms with Crippen LogP contribution in [-0.4, -0.2) is 23.7 Å². The molecule has 4 nitrogen and oxygen atoms in total. The van der Waals surface area contributed by atoms with E-state index >= 15 is 0 Å². The van der Waals surface area contributed by atoms with Crippen LogP contribution in [0.4, 0.5) is 11.4 Å². The summed E-state index contributed by atoms with van der Waals surface area (Å²) in [5, 5.41) is 7.21. The summed E-state index contributed by atoms with van der Waals surface area (Å²) >= 11 is 13.4. The highest BCUT2D eigenvalue weighted by molar-refractivity contribution is 6.41. The molecule has 2 aromatic rings. The number of anilines is 2. The molecule has 0 radical (unpaired) electrons. The second-order valence-electron chi connectivity index (χ2n) is 7.43. The van der Waals surface area contributed by atoms with Crippen molar-refractivity contribution in [2.24, 2.45) is 0 Å². The molecule has 2 N–H and O–H groups in total. The molecule has 0 spiro atoms. The number of carbonyl (C=O) groups excluding carboxylic acids is 2. The first-order chi connectivity index (χ1) is 14.4. The zero-order valence-electron chi connectivity index (χ0n) is 17.2. The van der Waals surface area contributed by atoms with Crippen molar-refractivity contribution in [3.8, 4) is 0 Å². The number of benzene rings is 2. The Kier molecular flexibility index (Phi) is 5.25. The van der Waals surface area contributed by atoms with Gasteiger partial charge in [-0.25, -0.2) is 0 Å². The number of halogens is 2. The Balaban J connectivity index is 0.00000106. The number of nitrogens with one attached hydrogen (secondary N) is 2. The van der Waals surface area contributed by atoms with Crippen LogP contribution in [0.25, 0.3) is 0 Å². The van der Waals surface area contributed by atoms with Crippen molar-refractivity contribution in [2.75, 3.05) is 10.6 Å². The number of rotatable bonds is 0. The third-order valence-electron chi connectivity index (χ3n) is 5.53. The Bertz CT molecular complexity index is 1070. The average Bonchev–Trinajstić information content (AvgIpc) is 2.74. The van der Waals surface area contributed by atoms with E-state index in [0.29, 0.717) is 43.7 Å². The fraction of sp³-hybridized carbons (Fsp3) is 0.250. The zero-order valence-corrected chi connectivity index (χ0v) is 18.7. The van der Waals surface area contributed by atoms with Crippen LogP contribution in [0.5, 0.6) is 0 Å². The van der Waals surface area contributed by atoms with Gasteiger partial charge in [-0.05, 0) is 38.1 Å². The molecule has 3 aliphatic rings. The molecule has 30 heavy (non-hydrogen) atoms. The van der Waals surface area contributed by atoms with E-state index in [0.717, 1.165) is 11.1 Å². The van der Waals surface area contributed by atoms with E-state index in [4.69, 9.17) is 23.2 Å². The lowest BCUT2D eigenvalue weighted by molar-refractivity contribution is 0.101. The van der Waals surface area contributed by atoms with Gasteiger partial charge in [0.05, 0.1) is 22.1 Å². The van der Waals surface area contributed by atoms with Gasteiger partial charge in [0.15, 0.2) is 11.6 Å². The molecule has 2 atom stereocenters. The van der Waals surface area contributed by atoms with Crippen LogP contribution >= 0.6 is 23.2 Å². The van der Waals surface area contributed by atoms with Crippen LogP contribution in [0.2, 0.25) is 0 Å². The maximum atomic E-state index is 13.2. The lowest BCUT2D eigenvalue weighted by atomic mass is 9.79. The number of hydrogen-bond acceptors (Lipinski definition) is 4. The molecule has 154 valence electrons. The molecular formula is C24H22Cl2N2O2. The van der Waals surface area contributed by atoms with Gasteiger partial charge in [-0.3, -0.25) is 9.59 Å². The molecule has 0 fully saturated rings. The summed E-state index contributed by atoms with van der Waals surface area (Å²) in [4.78, 5) is 26.5. The van der Waals surface area contributed by atoms with E-state index in [1.165, 1.54) is 0 Å². The van der Waals surface area contributed by atoms with E-state index in [1.54, 1.807) is 0 Å². The number of carbonyl (C=O) groups is 2. The molecule has 0 aromatic heterocycles. The first-order valence-corrected chi connectivity index (χ1v) is 10.8. The highest BCUT2D eigenvalue weighted by atomic mass is 35.5. The third kappa shape index (κ3) is 2.98. The second-order valence-corrected chi connectivity index (χ2v) is 8.25. The minimum Gasteiger partial charge on any atom is -0.373 e. The minimum atomic E-state index is -0.625. The van der Waals surface area contributed by atoms with Crippen molar-refractivity contribution < 1.29 is 9.59 Å². The van der Waals surface area contributed by atoms with Gasteiger partial charge in [-0.15, -0.1) is 0 Å². The third-order valence-corrected chi connectivity index (χ3v) is 6.37. The summed E-state index contributed by atoms with van der Waals surface area (Å²) in [5.41, 5.74) is 5.28. The van der Waals surface area contributed by atoms with Gasteiger partial charge in [0.25, 0.3) is 0 Å². The molecule has 0 amide bonds. The first-order valence-electron chi connectivity index (χ1n) is 9.99. The molecule has 0 saturated carbocycles. The average molecular weight is 441 g/mol. The van der Waals surface area contributed by atoms with E-state index < -0.39 is 12.1 Å². The number of aryl methyl sites for hydroxylation is 2. The van der Waals surface area contributed by atoms with Crippen molar-refractivity contribution in [3.63, 3.8) is 0 Å². The van der Waals surface area contributed by atoms with Crippen LogP contribution < -0.4 is 10.6 Å². The Morgan fingerprint density at radius 2 is 1.07 bits per heavy atom. The summed E-state index contributed by atoms with van der Waals surface area (Å²) < 4.78 is 0. The molecule has 5 rings (SSSR count). The lowest BCUT2D eigenvalue weighted by Gasteiger charge is -2.39. The maximum Gasteiger partial charge on any atom is 0.194 e. The molecule has 1 aliphatic carbocycles. The van der Waals surface area contributed by atoms with Crippen LogP contribution in [0.1, 0.15) is 45.7 Å². The Morgan fingerprint density at radius 1 is 0.700 bits per heavy atom. The van der Waals surface area contributed by atoms with E-state index in [9.17, 15) is 9.59 Å². The highest BCUT2D eigenvalue weighted by Gasteiger charge is 2.45. The lowest BCUT2D eigenvalue weighted by Crippen LogP contribution is -2.44. The Hall–Kier alpha value is -2.56. The molecule has 2 aromatic carbocycles. The Labute approximate surface area is 186 Å². The van der Waals surface area contributed by atoms with Crippen molar-refractivity contribution >= 4 is 46.1 Å². The summed E-state index contributed by atoms with van der Waals surface area (Å²) in [6.07, 6.45) is 0. The first kappa shape index (κ1) is 20.7. The van der Waals surface area contributed by atoms with Gasteiger partial charge in [-0.1, -0.05) is 60.3 Å². The molecule has 2 aliphatic heterocycles. The van der Waals surface area contributed by atoms with Crippen molar-refractivity contribution in [1.29, 1.82) is 0 Å². The summed E-state index contributed by atoms with van der Waals surface area (Å²) in [6.45, 7) is 7.86. The van der Waals surface area contributed by atoms with Gasteiger partial charge in [-0.2, -0.15) is 0 Å². The number of hydrogen-bond donors (Lipinski definition) is 2. The summed E-state index contributed by atoms with van der Waals surface area (Å²) in [7, 11) is 0. The number of ketones is 2. The van der Waals surface area contributed by atoms with E-state index in [-0.39, 0.29) is 11.6 Å². The predicted octanol–water partition coefficient (Wildman–Crippen LogP) is 5.98. The van der Waals surface area contributed by atoms with E-state index in [2.05, 4.69) is 10.6 Å². The largest absolute Gasteiger partial charge is 0.373 e. The summed E-state index contributed by atoms with van der Waals surface area (Å²) in [6, 6.07) is 9.98. The maximum absolute atomic E-state index is 13.2. The smallest absolute Gasteiger partial charge is 0.194 e. The second kappa shape index (κ2) is 7.60. The van der Waals surface area contributed by atoms with Gasteiger partial charge >= 0.3 is 0 Å². The minimum absolute atomic E-state index is 0.159. The van der Waals surface area contributed by atoms with E-state index in [1.807, 2.05) is 64.1 Å². The Morgan fingerprint density at radius 3 is 1.43 bits per heavy atom. The van der Waals surface area contributed by atoms with Crippen LogP contribution in [0.3, 0.4) is 0 Å².